The van der Waals surface area contributed by atoms with Crippen LogP contribution in [-0.2, 0) is 4.79 Å². The van der Waals surface area contributed by atoms with E-state index in [-0.39, 0.29) is 17.4 Å². The topological polar surface area (TPSA) is 97.1 Å². The molecule has 3 heterocycles. The Morgan fingerprint density at radius 2 is 2.11 bits per heavy atom. The first-order valence-corrected chi connectivity index (χ1v) is 10.4. The maximum atomic E-state index is 12.1. The molecule has 1 fully saturated rings. The fourth-order valence-corrected chi connectivity index (χ4v) is 4.62. The number of nitrogens with zero attached hydrogens (tertiary/aromatic N) is 2. The van der Waals surface area contributed by atoms with E-state index in [4.69, 9.17) is 14.4 Å². The number of fused-ring (bicyclic) bond motifs is 1. The van der Waals surface area contributed by atoms with E-state index in [0.717, 1.165) is 39.5 Å². The number of amides is 2. The van der Waals surface area contributed by atoms with Crippen molar-refractivity contribution in [2.24, 2.45) is 0 Å². The summed E-state index contributed by atoms with van der Waals surface area (Å²) in [7, 11) is 0. The summed E-state index contributed by atoms with van der Waals surface area (Å²) in [6.07, 6.45) is 3.64. The average molecular weight is 403 g/mol. The molecule has 1 aliphatic rings. The molecule has 4 rings (SSSR count). The van der Waals surface area contributed by atoms with Crippen molar-refractivity contribution < 1.29 is 14.0 Å². The number of carbonyl (C=O) groups is 2. The molecule has 2 N–H and O–H groups in total. The molecule has 1 aliphatic carbocycles. The van der Waals surface area contributed by atoms with E-state index >= 15 is 0 Å². The summed E-state index contributed by atoms with van der Waals surface area (Å²) in [5.74, 6) is 0.783. The fourth-order valence-electron chi connectivity index (χ4n) is 2.62. The van der Waals surface area contributed by atoms with E-state index in [1.165, 1.54) is 29.0 Å². The summed E-state index contributed by atoms with van der Waals surface area (Å²) < 4.78 is 4.98. The minimum atomic E-state index is -0.497. The number of thioether (sulfide) groups is 1. The van der Waals surface area contributed by atoms with Crippen molar-refractivity contribution >= 4 is 45.1 Å². The van der Waals surface area contributed by atoms with E-state index < -0.39 is 5.91 Å². The van der Waals surface area contributed by atoms with Crippen molar-refractivity contribution in [3.63, 3.8) is 0 Å². The SMILES string of the molecule is Cc1sc2nc(C3CC3)nc(SCC(=O)NNC(=O)c3ccco3)c2c1C. The highest BCUT2D eigenvalue weighted by molar-refractivity contribution is 8.00. The highest BCUT2D eigenvalue weighted by Crippen LogP contribution is 2.42. The second-order valence-electron chi connectivity index (χ2n) is 6.39. The van der Waals surface area contributed by atoms with Gasteiger partial charge in [0.25, 0.3) is 0 Å². The average Bonchev–Trinajstić information content (AvgIpc) is 3.28. The number of hydrogen-bond acceptors (Lipinski definition) is 7. The van der Waals surface area contributed by atoms with Gasteiger partial charge in [0.15, 0.2) is 5.76 Å². The van der Waals surface area contributed by atoms with Gasteiger partial charge in [-0.1, -0.05) is 11.8 Å². The summed E-state index contributed by atoms with van der Waals surface area (Å²) in [6.45, 7) is 4.13. The summed E-state index contributed by atoms with van der Waals surface area (Å²) in [6, 6.07) is 3.13. The van der Waals surface area contributed by atoms with Crippen LogP contribution in [0.4, 0.5) is 0 Å². The van der Waals surface area contributed by atoms with Gasteiger partial charge < -0.3 is 4.42 Å². The van der Waals surface area contributed by atoms with Gasteiger partial charge in [-0.05, 0) is 44.4 Å². The Kier molecular flexibility index (Phi) is 4.88. The zero-order valence-corrected chi connectivity index (χ0v) is 16.5. The highest BCUT2D eigenvalue weighted by atomic mass is 32.2. The molecule has 0 spiro atoms. The van der Waals surface area contributed by atoms with Crippen molar-refractivity contribution in [3.05, 3.63) is 40.4 Å². The van der Waals surface area contributed by atoms with Crippen LogP contribution in [0.5, 0.6) is 0 Å². The maximum Gasteiger partial charge on any atom is 0.305 e. The van der Waals surface area contributed by atoms with Gasteiger partial charge in [-0.25, -0.2) is 9.97 Å². The molecule has 3 aromatic heterocycles. The third kappa shape index (κ3) is 3.84. The van der Waals surface area contributed by atoms with E-state index in [0.29, 0.717) is 5.92 Å². The van der Waals surface area contributed by atoms with Crippen LogP contribution in [-0.4, -0.2) is 27.5 Å². The van der Waals surface area contributed by atoms with Gasteiger partial charge >= 0.3 is 5.91 Å². The Morgan fingerprint density at radius 3 is 2.81 bits per heavy atom. The van der Waals surface area contributed by atoms with Crippen LogP contribution in [0.3, 0.4) is 0 Å². The number of nitrogens with one attached hydrogen (secondary N) is 2. The Labute approximate surface area is 163 Å². The van der Waals surface area contributed by atoms with Gasteiger partial charge in [-0.15, -0.1) is 11.3 Å². The molecule has 0 aliphatic heterocycles. The lowest BCUT2D eigenvalue weighted by Crippen LogP contribution is -2.42. The number of aryl methyl sites for hydroxylation is 2. The fraction of sp³-hybridized carbons (Fsp3) is 0.333. The molecule has 0 saturated heterocycles. The molecule has 0 unspecified atom stereocenters. The molecule has 3 aromatic rings. The molecule has 7 nitrogen and oxygen atoms in total. The number of thiophene rings is 1. The lowest BCUT2D eigenvalue weighted by atomic mass is 10.2. The summed E-state index contributed by atoms with van der Waals surface area (Å²) in [5, 5.41) is 1.86. The van der Waals surface area contributed by atoms with Gasteiger partial charge in [0.2, 0.25) is 5.91 Å². The van der Waals surface area contributed by atoms with Crippen LogP contribution in [0.1, 0.15) is 45.6 Å². The summed E-state index contributed by atoms with van der Waals surface area (Å²) in [4.78, 5) is 35.6. The van der Waals surface area contributed by atoms with E-state index in [2.05, 4.69) is 24.7 Å². The molecule has 140 valence electrons. The molecular formula is C18H18N4O3S2. The van der Waals surface area contributed by atoms with E-state index in [1.54, 1.807) is 17.4 Å². The normalized spacial score (nSPS) is 13.7. The molecule has 2 amide bonds. The highest BCUT2D eigenvalue weighted by Gasteiger charge is 2.28. The molecule has 0 aromatic carbocycles. The van der Waals surface area contributed by atoms with Gasteiger partial charge in [-0.3, -0.25) is 20.4 Å². The molecule has 27 heavy (non-hydrogen) atoms. The van der Waals surface area contributed by atoms with Crippen LogP contribution in [0.25, 0.3) is 10.2 Å². The smallest absolute Gasteiger partial charge is 0.305 e. The van der Waals surface area contributed by atoms with Crippen LogP contribution < -0.4 is 10.9 Å². The minimum absolute atomic E-state index is 0.138. The van der Waals surface area contributed by atoms with E-state index in [9.17, 15) is 9.59 Å². The lowest BCUT2D eigenvalue weighted by Gasteiger charge is -2.08. The maximum absolute atomic E-state index is 12.1. The predicted octanol–water partition coefficient (Wildman–Crippen LogP) is 3.33. The zero-order valence-electron chi connectivity index (χ0n) is 14.9. The molecular weight excluding hydrogens is 384 g/mol. The molecule has 0 radical (unpaired) electrons. The Balaban J connectivity index is 1.45. The number of rotatable bonds is 5. The largest absolute Gasteiger partial charge is 0.459 e. The standard InChI is InChI=1S/C18H18N4O3S2/c1-9-10(2)27-18-14(9)17(19-15(20-18)11-5-6-11)26-8-13(23)21-22-16(24)12-4-3-7-25-12/h3-4,7,11H,5-6,8H2,1-2H3,(H,21,23)(H,22,24). The molecule has 1 saturated carbocycles. The van der Waals surface area contributed by atoms with Crippen molar-refractivity contribution in [2.75, 3.05) is 5.75 Å². The van der Waals surface area contributed by atoms with E-state index in [1.807, 2.05) is 0 Å². The first-order valence-electron chi connectivity index (χ1n) is 8.56. The quantitative estimate of drug-likeness (QED) is 0.386. The van der Waals surface area contributed by atoms with Gasteiger partial charge in [0, 0.05) is 16.2 Å². The first-order chi connectivity index (χ1) is 13.0. The Morgan fingerprint density at radius 1 is 1.30 bits per heavy atom. The zero-order chi connectivity index (χ0) is 19.0. The molecule has 0 atom stereocenters. The molecule has 9 heteroatoms. The van der Waals surface area contributed by atoms with Crippen molar-refractivity contribution in [3.8, 4) is 0 Å². The van der Waals surface area contributed by atoms with Crippen molar-refractivity contribution in [2.45, 2.75) is 37.6 Å². The van der Waals surface area contributed by atoms with Crippen LogP contribution in [0.2, 0.25) is 0 Å². The molecule has 0 bridgehead atoms. The lowest BCUT2D eigenvalue weighted by molar-refractivity contribution is -0.119. The third-order valence-corrected chi connectivity index (χ3v) is 6.43. The van der Waals surface area contributed by atoms with Gasteiger partial charge in [0.05, 0.1) is 12.0 Å². The van der Waals surface area contributed by atoms with Crippen LogP contribution >= 0.6 is 23.1 Å². The van der Waals surface area contributed by atoms with Crippen LogP contribution in [0, 0.1) is 13.8 Å². The third-order valence-electron chi connectivity index (χ3n) is 4.36. The predicted molar refractivity (Wildman–Crippen MR) is 104 cm³/mol. The number of hydrazine groups is 1. The van der Waals surface area contributed by atoms with Crippen LogP contribution in [0.15, 0.2) is 27.8 Å². The van der Waals surface area contributed by atoms with Crippen molar-refractivity contribution in [1.29, 1.82) is 0 Å². The van der Waals surface area contributed by atoms with Gasteiger partial charge in [0.1, 0.15) is 15.7 Å². The Bertz CT molecular complexity index is 1010. The number of carbonyl (C=O) groups excluding carboxylic acids is 2. The second-order valence-corrected chi connectivity index (χ2v) is 8.56. The van der Waals surface area contributed by atoms with Crippen molar-refractivity contribution in [1.82, 2.24) is 20.8 Å². The number of furan rings is 1. The summed E-state index contributed by atoms with van der Waals surface area (Å²) >= 11 is 3.03. The van der Waals surface area contributed by atoms with Gasteiger partial charge in [-0.2, -0.15) is 0 Å². The number of aromatic nitrogens is 2. The Hall–Kier alpha value is -2.39. The number of hydrogen-bond donors (Lipinski definition) is 2. The monoisotopic (exact) mass is 402 g/mol. The minimum Gasteiger partial charge on any atom is -0.459 e. The first kappa shape index (κ1) is 18.0. The summed E-state index contributed by atoms with van der Waals surface area (Å²) in [5.41, 5.74) is 5.89. The second kappa shape index (κ2) is 7.32.